The van der Waals surface area contributed by atoms with Crippen LogP contribution in [0, 0.1) is 12.7 Å². The third kappa shape index (κ3) is 4.23. The van der Waals surface area contributed by atoms with Crippen LogP contribution in [0.15, 0.2) is 46.9 Å². The summed E-state index contributed by atoms with van der Waals surface area (Å²) in [7, 11) is 0. The lowest BCUT2D eigenvalue weighted by Crippen LogP contribution is -1.95. The number of halogens is 1. The zero-order valence-electron chi connectivity index (χ0n) is 15.4. The van der Waals surface area contributed by atoms with Gasteiger partial charge in [-0.15, -0.1) is 11.3 Å². The van der Waals surface area contributed by atoms with Crippen molar-refractivity contribution < 1.29 is 8.81 Å². The smallest absolute Gasteiger partial charge is 0.199 e. The first-order valence-electron chi connectivity index (χ1n) is 8.66. The van der Waals surface area contributed by atoms with Gasteiger partial charge in [0.2, 0.25) is 0 Å². The number of aryl methyl sites for hydroxylation is 1. The van der Waals surface area contributed by atoms with E-state index in [4.69, 9.17) is 10.2 Å². The summed E-state index contributed by atoms with van der Waals surface area (Å²) < 4.78 is 18.5. The van der Waals surface area contributed by atoms with Crippen LogP contribution in [0.5, 0.6) is 0 Å². The minimum Gasteiger partial charge on any atom is -0.458 e. The minimum absolute atomic E-state index is 0.247. The normalized spacial score (nSPS) is 11.0. The fourth-order valence-corrected chi connectivity index (χ4v) is 3.40. The van der Waals surface area contributed by atoms with Gasteiger partial charge in [-0.3, -0.25) is 0 Å². The predicted octanol–water partition coefficient (Wildman–Crippen LogP) is 6.18. The molecule has 3 aromatic heterocycles. The zero-order valence-corrected chi connectivity index (χ0v) is 16.2. The molecular formula is C21H20FN3OS. The van der Waals surface area contributed by atoms with Crippen molar-refractivity contribution in [2.75, 3.05) is 5.73 Å². The number of nitrogens with zero attached hydrogens (tertiary/aromatic N) is 2. The van der Waals surface area contributed by atoms with E-state index in [1.165, 1.54) is 23.5 Å². The third-order valence-corrected chi connectivity index (χ3v) is 4.71. The predicted molar refractivity (Wildman–Crippen MR) is 111 cm³/mol. The summed E-state index contributed by atoms with van der Waals surface area (Å²) in [6.45, 7) is 5.87. The number of hydrogen-bond donors (Lipinski definition) is 1. The summed E-state index contributed by atoms with van der Waals surface area (Å²) in [5, 5.41) is 0.816. The minimum atomic E-state index is -0.247. The van der Waals surface area contributed by atoms with Gasteiger partial charge in [-0.05, 0) is 48.9 Å². The van der Waals surface area contributed by atoms with Crippen molar-refractivity contribution in [3.05, 3.63) is 64.5 Å². The van der Waals surface area contributed by atoms with Gasteiger partial charge in [0.1, 0.15) is 22.2 Å². The first-order chi connectivity index (χ1) is 13.1. The van der Waals surface area contributed by atoms with E-state index in [0.717, 1.165) is 26.4 Å². The maximum absolute atomic E-state index is 13.0. The molecule has 0 spiro atoms. The second-order valence-electron chi connectivity index (χ2n) is 5.60. The summed E-state index contributed by atoms with van der Waals surface area (Å²) in [4.78, 5) is 10.7. The molecule has 138 valence electrons. The summed E-state index contributed by atoms with van der Waals surface area (Å²) in [5.41, 5.74) is 7.01. The first-order valence-corrected chi connectivity index (χ1v) is 9.48. The lowest BCUT2D eigenvalue weighted by Gasteiger charge is -1.99. The second kappa shape index (κ2) is 8.14. The summed E-state index contributed by atoms with van der Waals surface area (Å²) >= 11 is 1.52. The molecule has 0 atom stereocenters. The van der Waals surface area contributed by atoms with Crippen molar-refractivity contribution in [3.8, 4) is 11.6 Å². The molecule has 0 aliphatic heterocycles. The number of anilines is 1. The molecule has 0 aliphatic rings. The SMILES string of the molecule is CC.Cc1ccc(-c2nc(N)c3cc(/C=C/c4ccc(F)cc4)sc3n2)o1. The van der Waals surface area contributed by atoms with Gasteiger partial charge in [0.15, 0.2) is 11.6 Å². The van der Waals surface area contributed by atoms with E-state index in [-0.39, 0.29) is 5.82 Å². The van der Waals surface area contributed by atoms with E-state index < -0.39 is 0 Å². The van der Waals surface area contributed by atoms with Gasteiger partial charge in [0, 0.05) is 4.88 Å². The topological polar surface area (TPSA) is 64.9 Å². The van der Waals surface area contributed by atoms with E-state index in [0.29, 0.717) is 17.4 Å². The van der Waals surface area contributed by atoms with Gasteiger partial charge < -0.3 is 10.2 Å². The summed E-state index contributed by atoms with van der Waals surface area (Å²) in [5.74, 6) is 2.05. The molecule has 27 heavy (non-hydrogen) atoms. The Bertz CT molecular complexity index is 1080. The quantitative estimate of drug-likeness (QED) is 0.460. The molecular weight excluding hydrogens is 361 g/mol. The molecule has 0 fully saturated rings. The fraction of sp³-hybridized carbons (Fsp3) is 0.143. The monoisotopic (exact) mass is 381 g/mol. The van der Waals surface area contributed by atoms with Crippen LogP contribution in [-0.2, 0) is 0 Å². The van der Waals surface area contributed by atoms with Crippen molar-refractivity contribution in [2.24, 2.45) is 0 Å². The molecule has 0 amide bonds. The van der Waals surface area contributed by atoms with Crippen LogP contribution in [0.1, 0.15) is 30.0 Å². The van der Waals surface area contributed by atoms with E-state index in [9.17, 15) is 4.39 Å². The molecule has 1 aromatic carbocycles. The van der Waals surface area contributed by atoms with Crippen LogP contribution in [0.25, 0.3) is 34.0 Å². The Labute approximate surface area is 161 Å². The number of hydrogen-bond acceptors (Lipinski definition) is 5. The van der Waals surface area contributed by atoms with Crippen molar-refractivity contribution in [1.29, 1.82) is 0 Å². The number of aromatic nitrogens is 2. The number of thiophene rings is 1. The van der Waals surface area contributed by atoms with Crippen LogP contribution in [-0.4, -0.2) is 9.97 Å². The van der Waals surface area contributed by atoms with E-state index >= 15 is 0 Å². The second-order valence-corrected chi connectivity index (χ2v) is 6.66. The summed E-state index contributed by atoms with van der Waals surface area (Å²) in [6.07, 6.45) is 3.88. The highest BCUT2D eigenvalue weighted by Gasteiger charge is 2.12. The molecule has 3 heterocycles. The lowest BCUT2D eigenvalue weighted by atomic mass is 10.2. The Hall–Kier alpha value is -2.99. The molecule has 0 bridgehead atoms. The molecule has 0 saturated carbocycles. The third-order valence-electron chi connectivity index (χ3n) is 3.71. The fourth-order valence-electron chi connectivity index (χ4n) is 2.46. The highest BCUT2D eigenvalue weighted by Crippen LogP contribution is 2.31. The van der Waals surface area contributed by atoms with Crippen LogP contribution in [0.4, 0.5) is 10.2 Å². The maximum Gasteiger partial charge on any atom is 0.199 e. The van der Waals surface area contributed by atoms with E-state index in [2.05, 4.69) is 9.97 Å². The Morgan fingerprint density at radius 1 is 1.04 bits per heavy atom. The molecule has 0 saturated heterocycles. The van der Waals surface area contributed by atoms with E-state index in [1.807, 2.05) is 51.1 Å². The first kappa shape index (κ1) is 18.8. The number of nitrogens with two attached hydrogens (primary N) is 1. The van der Waals surface area contributed by atoms with Gasteiger partial charge in [-0.1, -0.05) is 32.1 Å². The molecule has 0 unspecified atom stereocenters. The molecule has 4 aromatic rings. The van der Waals surface area contributed by atoms with Crippen molar-refractivity contribution in [2.45, 2.75) is 20.8 Å². The molecule has 0 aliphatic carbocycles. The number of nitrogen functional groups attached to an aromatic ring is 1. The lowest BCUT2D eigenvalue weighted by molar-refractivity contribution is 0.544. The van der Waals surface area contributed by atoms with Gasteiger partial charge in [-0.25, -0.2) is 14.4 Å². The Morgan fingerprint density at radius 2 is 1.78 bits per heavy atom. The van der Waals surface area contributed by atoms with Crippen molar-refractivity contribution >= 4 is 39.5 Å². The van der Waals surface area contributed by atoms with Crippen molar-refractivity contribution in [3.63, 3.8) is 0 Å². The van der Waals surface area contributed by atoms with Crippen LogP contribution in [0.3, 0.4) is 0 Å². The highest BCUT2D eigenvalue weighted by molar-refractivity contribution is 7.19. The number of benzene rings is 1. The zero-order chi connectivity index (χ0) is 19.4. The summed E-state index contributed by atoms with van der Waals surface area (Å²) in [6, 6.07) is 12.0. The average Bonchev–Trinajstić information content (AvgIpc) is 3.29. The van der Waals surface area contributed by atoms with Gasteiger partial charge >= 0.3 is 0 Å². The van der Waals surface area contributed by atoms with Gasteiger partial charge in [0.25, 0.3) is 0 Å². The Morgan fingerprint density at radius 3 is 2.44 bits per heavy atom. The number of fused-ring (bicyclic) bond motifs is 1. The largest absolute Gasteiger partial charge is 0.458 e. The van der Waals surface area contributed by atoms with Crippen LogP contribution < -0.4 is 5.73 Å². The molecule has 4 rings (SSSR count). The van der Waals surface area contributed by atoms with Crippen LogP contribution in [0.2, 0.25) is 0 Å². The molecule has 0 radical (unpaired) electrons. The average molecular weight is 381 g/mol. The highest BCUT2D eigenvalue weighted by atomic mass is 32.1. The Balaban J connectivity index is 0.00000102. The van der Waals surface area contributed by atoms with Crippen molar-refractivity contribution in [1.82, 2.24) is 9.97 Å². The Kier molecular flexibility index (Phi) is 5.66. The number of rotatable bonds is 3. The maximum atomic E-state index is 13.0. The molecule has 6 heteroatoms. The van der Waals surface area contributed by atoms with Gasteiger partial charge in [0.05, 0.1) is 5.39 Å². The molecule has 2 N–H and O–H groups in total. The number of furan rings is 1. The van der Waals surface area contributed by atoms with Crippen LogP contribution >= 0.6 is 11.3 Å². The van der Waals surface area contributed by atoms with Gasteiger partial charge in [-0.2, -0.15) is 0 Å². The molecule has 4 nitrogen and oxygen atoms in total. The standard InChI is InChI=1S/C19H14FN3OS.C2H6/c1-11-2-9-16(24-11)18-22-17(21)15-10-14(25-19(15)23-18)8-5-12-3-6-13(20)7-4-12;1-2/h2-10H,1H3,(H2,21,22,23);1-2H3/b8-5+;. The van der Waals surface area contributed by atoms with E-state index in [1.54, 1.807) is 12.1 Å².